The lowest BCUT2D eigenvalue weighted by Crippen LogP contribution is -2.53. The van der Waals surface area contributed by atoms with Crippen LogP contribution in [0.4, 0.5) is 10.1 Å². The first kappa shape index (κ1) is 16.0. The van der Waals surface area contributed by atoms with E-state index >= 15 is 0 Å². The molecule has 1 aliphatic heterocycles. The summed E-state index contributed by atoms with van der Waals surface area (Å²) in [6.07, 6.45) is 1.68. The van der Waals surface area contributed by atoms with E-state index in [1.807, 2.05) is 0 Å². The fourth-order valence-corrected chi connectivity index (χ4v) is 2.74. The molecule has 2 rings (SSSR count). The molecule has 0 saturated carbocycles. The molecule has 3 N–H and O–H groups in total. The highest BCUT2D eigenvalue weighted by Crippen LogP contribution is 2.33. The van der Waals surface area contributed by atoms with Crippen molar-refractivity contribution < 1.29 is 13.9 Å². The van der Waals surface area contributed by atoms with Crippen molar-refractivity contribution in [3.05, 3.63) is 24.0 Å². The van der Waals surface area contributed by atoms with Crippen LogP contribution < -0.4 is 15.8 Å². The maximum absolute atomic E-state index is 14.0. The van der Waals surface area contributed by atoms with Crippen LogP contribution in [0.25, 0.3) is 0 Å². The van der Waals surface area contributed by atoms with Gasteiger partial charge in [-0.05, 0) is 30.9 Å². The largest absolute Gasteiger partial charge is 0.497 e. The van der Waals surface area contributed by atoms with Crippen LogP contribution in [0.3, 0.4) is 0 Å². The summed E-state index contributed by atoms with van der Waals surface area (Å²) in [5.74, 6) is 0.739. The van der Waals surface area contributed by atoms with Crippen molar-refractivity contribution in [1.29, 1.82) is 0 Å². The average Bonchev–Trinajstić information content (AvgIpc) is 2.49. The highest BCUT2D eigenvalue weighted by molar-refractivity contribution is 5.51. The number of anilines is 1. The zero-order valence-electron chi connectivity index (χ0n) is 13.0. The predicted octanol–water partition coefficient (Wildman–Crippen LogP) is 2.78. The van der Waals surface area contributed by atoms with E-state index in [9.17, 15) is 4.39 Å². The van der Waals surface area contributed by atoms with Crippen LogP contribution in [0.5, 0.6) is 5.75 Å². The summed E-state index contributed by atoms with van der Waals surface area (Å²) < 4.78 is 25.0. The van der Waals surface area contributed by atoms with Crippen molar-refractivity contribution in [2.24, 2.45) is 11.7 Å². The number of hydrogen-bond acceptors (Lipinski definition) is 4. The highest BCUT2D eigenvalue weighted by atomic mass is 19.1. The van der Waals surface area contributed by atoms with Gasteiger partial charge in [-0.25, -0.2) is 4.39 Å². The summed E-state index contributed by atoms with van der Waals surface area (Å²) in [4.78, 5) is 0. The second-order valence-electron chi connectivity index (χ2n) is 6.06. The fourth-order valence-electron chi connectivity index (χ4n) is 2.74. The standard InChI is InChI=1S/C16H25FN2O2/c1-11(2)15-9-16(10-18,6-7-21-15)19-14-8-12(20-3)4-5-13(14)17/h4-5,8,11,15,19H,6-7,9-10,18H2,1-3H3. The molecule has 5 heteroatoms. The van der Waals surface area contributed by atoms with Crippen LogP contribution in [-0.2, 0) is 4.74 Å². The van der Waals surface area contributed by atoms with Crippen molar-refractivity contribution in [2.75, 3.05) is 25.6 Å². The third-order valence-electron chi connectivity index (χ3n) is 4.21. The monoisotopic (exact) mass is 296 g/mol. The molecule has 0 radical (unpaired) electrons. The molecule has 1 aromatic rings. The summed E-state index contributed by atoms with van der Waals surface area (Å²) in [7, 11) is 1.57. The normalized spacial score (nSPS) is 25.9. The molecular formula is C16H25FN2O2. The Bertz CT molecular complexity index is 481. The average molecular weight is 296 g/mol. The Morgan fingerprint density at radius 2 is 2.29 bits per heavy atom. The number of nitrogens with two attached hydrogens (primary N) is 1. The molecule has 1 heterocycles. The molecule has 21 heavy (non-hydrogen) atoms. The van der Waals surface area contributed by atoms with Gasteiger partial charge in [-0.3, -0.25) is 0 Å². The Balaban J connectivity index is 2.21. The zero-order chi connectivity index (χ0) is 15.5. The van der Waals surface area contributed by atoms with E-state index in [1.54, 1.807) is 19.2 Å². The first-order valence-corrected chi connectivity index (χ1v) is 7.43. The number of rotatable bonds is 5. The minimum absolute atomic E-state index is 0.142. The molecule has 1 aliphatic rings. The first-order valence-electron chi connectivity index (χ1n) is 7.43. The molecule has 0 spiro atoms. The lowest BCUT2D eigenvalue weighted by Gasteiger charge is -2.43. The Morgan fingerprint density at radius 1 is 1.52 bits per heavy atom. The smallest absolute Gasteiger partial charge is 0.146 e. The molecule has 2 atom stereocenters. The SMILES string of the molecule is COc1ccc(F)c(NC2(CN)CCOC(C(C)C)C2)c1. The minimum atomic E-state index is -0.333. The van der Waals surface area contributed by atoms with E-state index in [2.05, 4.69) is 19.2 Å². The number of hydrogen-bond donors (Lipinski definition) is 2. The summed E-state index contributed by atoms with van der Waals surface area (Å²) in [5, 5.41) is 3.31. The van der Waals surface area contributed by atoms with Crippen LogP contribution in [0.15, 0.2) is 18.2 Å². The maximum atomic E-state index is 14.0. The van der Waals surface area contributed by atoms with Crippen molar-refractivity contribution in [1.82, 2.24) is 0 Å². The zero-order valence-corrected chi connectivity index (χ0v) is 13.0. The molecular weight excluding hydrogens is 271 g/mol. The molecule has 0 aliphatic carbocycles. The minimum Gasteiger partial charge on any atom is -0.497 e. The van der Waals surface area contributed by atoms with Gasteiger partial charge in [0.2, 0.25) is 0 Å². The van der Waals surface area contributed by atoms with Crippen molar-refractivity contribution in [2.45, 2.75) is 38.3 Å². The van der Waals surface area contributed by atoms with Gasteiger partial charge in [0, 0.05) is 19.2 Å². The first-order chi connectivity index (χ1) is 9.99. The van der Waals surface area contributed by atoms with Crippen molar-refractivity contribution >= 4 is 5.69 Å². The molecule has 2 unspecified atom stereocenters. The molecule has 0 amide bonds. The predicted molar refractivity (Wildman–Crippen MR) is 82.2 cm³/mol. The van der Waals surface area contributed by atoms with Crippen LogP contribution in [0, 0.1) is 11.7 Å². The van der Waals surface area contributed by atoms with Gasteiger partial charge in [0.25, 0.3) is 0 Å². The van der Waals surface area contributed by atoms with Crippen molar-refractivity contribution in [3.8, 4) is 5.75 Å². The summed E-state index contributed by atoms with van der Waals surface area (Å²) in [6, 6.07) is 4.69. The van der Waals surface area contributed by atoms with Crippen LogP contribution in [0.2, 0.25) is 0 Å². The molecule has 4 nitrogen and oxygen atoms in total. The van der Waals surface area contributed by atoms with Gasteiger partial charge < -0.3 is 20.5 Å². The molecule has 1 aromatic carbocycles. The molecule has 0 aromatic heterocycles. The second kappa shape index (κ2) is 6.62. The summed E-state index contributed by atoms with van der Waals surface area (Å²) in [6.45, 7) is 5.33. The van der Waals surface area contributed by atoms with Gasteiger partial charge >= 0.3 is 0 Å². The third-order valence-corrected chi connectivity index (χ3v) is 4.21. The highest BCUT2D eigenvalue weighted by Gasteiger charge is 2.37. The van der Waals surface area contributed by atoms with Crippen LogP contribution in [-0.4, -0.2) is 31.9 Å². The van der Waals surface area contributed by atoms with Gasteiger partial charge in [0.1, 0.15) is 11.6 Å². The summed E-state index contributed by atoms with van der Waals surface area (Å²) >= 11 is 0. The Hall–Kier alpha value is -1.33. The van der Waals surface area contributed by atoms with E-state index < -0.39 is 0 Å². The number of benzene rings is 1. The Kier molecular flexibility index (Phi) is 5.06. The third kappa shape index (κ3) is 3.66. The van der Waals surface area contributed by atoms with E-state index in [0.29, 0.717) is 30.5 Å². The molecule has 0 bridgehead atoms. The van der Waals surface area contributed by atoms with Crippen LogP contribution in [0.1, 0.15) is 26.7 Å². The number of nitrogens with one attached hydrogen (secondary N) is 1. The van der Waals surface area contributed by atoms with E-state index in [4.69, 9.17) is 15.2 Å². The van der Waals surface area contributed by atoms with Crippen LogP contribution >= 0.6 is 0 Å². The van der Waals surface area contributed by atoms with Gasteiger partial charge in [-0.2, -0.15) is 0 Å². The number of halogens is 1. The summed E-state index contributed by atoms with van der Waals surface area (Å²) in [5.41, 5.74) is 6.10. The second-order valence-corrected chi connectivity index (χ2v) is 6.06. The number of ether oxygens (including phenoxy) is 2. The van der Waals surface area contributed by atoms with Gasteiger partial charge in [0.15, 0.2) is 0 Å². The van der Waals surface area contributed by atoms with E-state index in [0.717, 1.165) is 12.8 Å². The molecule has 118 valence electrons. The van der Waals surface area contributed by atoms with Crippen molar-refractivity contribution in [3.63, 3.8) is 0 Å². The lowest BCUT2D eigenvalue weighted by molar-refractivity contribution is -0.0358. The maximum Gasteiger partial charge on any atom is 0.146 e. The molecule has 1 fully saturated rings. The number of methoxy groups -OCH3 is 1. The molecule has 1 saturated heterocycles. The quantitative estimate of drug-likeness (QED) is 0.877. The van der Waals surface area contributed by atoms with E-state index in [1.165, 1.54) is 6.07 Å². The Morgan fingerprint density at radius 3 is 2.90 bits per heavy atom. The fraction of sp³-hybridized carbons (Fsp3) is 0.625. The topological polar surface area (TPSA) is 56.5 Å². The van der Waals surface area contributed by atoms with E-state index in [-0.39, 0.29) is 17.5 Å². The van der Waals surface area contributed by atoms with Gasteiger partial charge in [-0.15, -0.1) is 0 Å². The van der Waals surface area contributed by atoms with Gasteiger partial charge in [0.05, 0.1) is 24.4 Å². The lowest BCUT2D eigenvalue weighted by atomic mass is 9.83. The van der Waals surface area contributed by atoms with Gasteiger partial charge in [-0.1, -0.05) is 13.8 Å². The Labute approximate surface area is 125 Å².